The lowest BCUT2D eigenvalue weighted by atomic mass is 10.0. The Balaban J connectivity index is 1.83. The van der Waals surface area contributed by atoms with Crippen molar-refractivity contribution in [1.82, 2.24) is 5.32 Å². The Morgan fingerprint density at radius 3 is 2.76 bits per heavy atom. The molecule has 1 unspecified atom stereocenters. The number of hydrogen-bond acceptors (Lipinski definition) is 2. The minimum atomic E-state index is 0.630. The Kier molecular flexibility index (Phi) is 4.06. The number of hydrogen-bond donors (Lipinski definition) is 1. The number of benzene rings is 1. The van der Waals surface area contributed by atoms with Crippen molar-refractivity contribution in [2.45, 2.75) is 51.6 Å². The fraction of sp³-hybridized carbons (Fsp3) is 0.600. The molecule has 1 atom stereocenters. The molecule has 0 aliphatic heterocycles. The minimum Gasteiger partial charge on any atom is -0.496 e. The highest BCUT2D eigenvalue weighted by molar-refractivity contribution is 5.36. The zero-order valence-electron chi connectivity index (χ0n) is 11.1. The zero-order chi connectivity index (χ0) is 12.3. The molecular formula is C15H23NO. The highest BCUT2D eigenvalue weighted by Crippen LogP contribution is 2.21. The average Bonchev–Trinajstić information content (AvgIpc) is 3.10. The minimum absolute atomic E-state index is 0.630. The molecule has 2 heteroatoms. The van der Waals surface area contributed by atoms with Crippen LogP contribution < -0.4 is 10.1 Å². The van der Waals surface area contributed by atoms with E-state index in [1.54, 1.807) is 7.11 Å². The normalized spacial score (nSPS) is 16.9. The van der Waals surface area contributed by atoms with Crippen molar-refractivity contribution >= 4 is 0 Å². The third-order valence-corrected chi connectivity index (χ3v) is 3.42. The maximum absolute atomic E-state index is 5.27. The summed E-state index contributed by atoms with van der Waals surface area (Å²) in [5.41, 5.74) is 2.64. The van der Waals surface area contributed by atoms with E-state index >= 15 is 0 Å². The summed E-state index contributed by atoms with van der Waals surface area (Å²) >= 11 is 0. The molecule has 2 nitrogen and oxygen atoms in total. The van der Waals surface area contributed by atoms with E-state index < -0.39 is 0 Å². The molecule has 0 spiro atoms. The number of aryl methyl sites for hydroxylation is 2. The molecule has 0 amide bonds. The van der Waals surface area contributed by atoms with Gasteiger partial charge in [0.15, 0.2) is 0 Å². The van der Waals surface area contributed by atoms with Crippen molar-refractivity contribution in [3.63, 3.8) is 0 Å². The average molecular weight is 233 g/mol. The molecule has 17 heavy (non-hydrogen) atoms. The van der Waals surface area contributed by atoms with E-state index in [0.717, 1.165) is 18.2 Å². The summed E-state index contributed by atoms with van der Waals surface area (Å²) in [5.74, 6) is 0.984. The standard InChI is InChI=1S/C15H23NO/c1-11-10-13(6-9-15(11)17-3)5-4-12(2)16-14-7-8-14/h6,9-10,12,14,16H,4-5,7-8H2,1-3H3. The van der Waals surface area contributed by atoms with Crippen LogP contribution in [0.4, 0.5) is 0 Å². The van der Waals surface area contributed by atoms with Crippen LogP contribution in [0.15, 0.2) is 18.2 Å². The second kappa shape index (κ2) is 5.54. The van der Waals surface area contributed by atoms with Crippen LogP contribution in [0.2, 0.25) is 0 Å². The lowest BCUT2D eigenvalue weighted by molar-refractivity contribution is 0.411. The van der Waals surface area contributed by atoms with Gasteiger partial charge in [0.25, 0.3) is 0 Å². The van der Waals surface area contributed by atoms with E-state index in [4.69, 9.17) is 4.74 Å². The van der Waals surface area contributed by atoms with Gasteiger partial charge in [-0.15, -0.1) is 0 Å². The first-order valence-corrected chi connectivity index (χ1v) is 6.58. The van der Waals surface area contributed by atoms with E-state index in [-0.39, 0.29) is 0 Å². The van der Waals surface area contributed by atoms with Gasteiger partial charge in [-0.05, 0) is 56.7 Å². The molecule has 1 N–H and O–H groups in total. The van der Waals surface area contributed by atoms with Crippen molar-refractivity contribution in [2.75, 3.05) is 7.11 Å². The summed E-state index contributed by atoms with van der Waals surface area (Å²) in [7, 11) is 1.73. The van der Waals surface area contributed by atoms with E-state index in [0.29, 0.717) is 6.04 Å². The molecule has 0 saturated heterocycles. The lowest BCUT2D eigenvalue weighted by Gasteiger charge is -2.13. The highest BCUT2D eigenvalue weighted by Gasteiger charge is 2.22. The second-order valence-electron chi connectivity index (χ2n) is 5.18. The quantitative estimate of drug-likeness (QED) is 0.815. The smallest absolute Gasteiger partial charge is 0.121 e. The van der Waals surface area contributed by atoms with E-state index in [1.165, 1.54) is 30.4 Å². The summed E-state index contributed by atoms with van der Waals surface area (Å²) in [4.78, 5) is 0. The van der Waals surface area contributed by atoms with E-state index in [1.807, 2.05) is 0 Å². The molecule has 1 saturated carbocycles. The van der Waals surface area contributed by atoms with Gasteiger partial charge in [-0.1, -0.05) is 12.1 Å². The van der Waals surface area contributed by atoms with Crippen molar-refractivity contribution < 1.29 is 4.74 Å². The molecule has 1 aromatic carbocycles. The van der Waals surface area contributed by atoms with E-state index in [9.17, 15) is 0 Å². The van der Waals surface area contributed by atoms with Crippen molar-refractivity contribution in [1.29, 1.82) is 0 Å². The first kappa shape index (κ1) is 12.4. The number of methoxy groups -OCH3 is 1. The molecule has 0 radical (unpaired) electrons. The number of nitrogens with one attached hydrogen (secondary N) is 1. The van der Waals surface area contributed by atoms with E-state index in [2.05, 4.69) is 37.4 Å². The van der Waals surface area contributed by atoms with Crippen LogP contribution in [0.25, 0.3) is 0 Å². The molecule has 2 rings (SSSR count). The molecule has 94 valence electrons. The van der Waals surface area contributed by atoms with Crippen LogP contribution in [0.1, 0.15) is 37.3 Å². The molecular weight excluding hydrogens is 210 g/mol. The summed E-state index contributed by atoms with van der Waals surface area (Å²) in [6, 6.07) is 7.93. The SMILES string of the molecule is COc1ccc(CCC(C)NC2CC2)cc1C. The lowest BCUT2D eigenvalue weighted by Crippen LogP contribution is -2.28. The van der Waals surface area contributed by atoms with Crippen LogP contribution >= 0.6 is 0 Å². The second-order valence-corrected chi connectivity index (χ2v) is 5.18. The molecule has 0 bridgehead atoms. The maximum atomic E-state index is 5.27. The van der Waals surface area contributed by atoms with Gasteiger partial charge in [0.05, 0.1) is 7.11 Å². The van der Waals surface area contributed by atoms with Gasteiger partial charge in [0, 0.05) is 12.1 Å². The summed E-state index contributed by atoms with van der Waals surface area (Å²) in [6.07, 6.45) is 5.09. The third kappa shape index (κ3) is 3.74. The summed E-state index contributed by atoms with van der Waals surface area (Å²) < 4.78 is 5.27. The Morgan fingerprint density at radius 2 is 2.18 bits per heavy atom. The van der Waals surface area contributed by atoms with Gasteiger partial charge in [-0.3, -0.25) is 0 Å². The maximum Gasteiger partial charge on any atom is 0.121 e. The molecule has 1 fully saturated rings. The molecule has 0 heterocycles. The molecule has 1 aromatic rings. The fourth-order valence-electron chi connectivity index (χ4n) is 2.21. The highest BCUT2D eigenvalue weighted by atomic mass is 16.5. The van der Waals surface area contributed by atoms with Gasteiger partial charge < -0.3 is 10.1 Å². The zero-order valence-corrected chi connectivity index (χ0v) is 11.1. The molecule has 1 aliphatic carbocycles. The topological polar surface area (TPSA) is 21.3 Å². The Bertz CT molecular complexity index is 371. The summed E-state index contributed by atoms with van der Waals surface area (Å²) in [6.45, 7) is 4.39. The monoisotopic (exact) mass is 233 g/mol. The molecule has 0 aromatic heterocycles. The fourth-order valence-corrected chi connectivity index (χ4v) is 2.21. The van der Waals surface area contributed by atoms with Crippen molar-refractivity contribution in [3.05, 3.63) is 29.3 Å². The van der Waals surface area contributed by atoms with Gasteiger partial charge in [0.1, 0.15) is 5.75 Å². The summed E-state index contributed by atoms with van der Waals surface area (Å²) in [5, 5.41) is 3.64. The van der Waals surface area contributed by atoms with Crippen molar-refractivity contribution in [3.8, 4) is 5.75 Å². The van der Waals surface area contributed by atoms with Crippen LogP contribution in [-0.2, 0) is 6.42 Å². The predicted octanol–water partition coefficient (Wildman–Crippen LogP) is 3.08. The van der Waals surface area contributed by atoms with Crippen LogP contribution in [0.3, 0.4) is 0 Å². The largest absolute Gasteiger partial charge is 0.496 e. The first-order chi connectivity index (χ1) is 8.19. The predicted molar refractivity (Wildman–Crippen MR) is 71.7 cm³/mol. The third-order valence-electron chi connectivity index (χ3n) is 3.42. The number of ether oxygens (including phenoxy) is 1. The molecule has 1 aliphatic rings. The van der Waals surface area contributed by atoms with Gasteiger partial charge in [0.2, 0.25) is 0 Å². The van der Waals surface area contributed by atoms with Gasteiger partial charge in [-0.25, -0.2) is 0 Å². The van der Waals surface area contributed by atoms with Gasteiger partial charge >= 0.3 is 0 Å². The van der Waals surface area contributed by atoms with Crippen LogP contribution in [0.5, 0.6) is 5.75 Å². The van der Waals surface area contributed by atoms with Crippen LogP contribution in [-0.4, -0.2) is 19.2 Å². The number of rotatable bonds is 6. The first-order valence-electron chi connectivity index (χ1n) is 6.58. The Hall–Kier alpha value is -1.02. The Labute approximate surface area is 104 Å². The van der Waals surface area contributed by atoms with Crippen LogP contribution in [0, 0.1) is 6.92 Å². The Morgan fingerprint density at radius 1 is 1.41 bits per heavy atom. The van der Waals surface area contributed by atoms with Crippen molar-refractivity contribution in [2.24, 2.45) is 0 Å². The van der Waals surface area contributed by atoms with Gasteiger partial charge in [-0.2, -0.15) is 0 Å².